The van der Waals surface area contributed by atoms with Crippen LogP contribution in [-0.4, -0.2) is 18.6 Å². The van der Waals surface area contributed by atoms with E-state index in [1.807, 2.05) is 5.32 Å². The molecule has 0 bridgehead atoms. The first-order valence-corrected chi connectivity index (χ1v) is 7.63. The van der Waals surface area contributed by atoms with Crippen molar-refractivity contribution < 1.29 is 35.5 Å². The zero-order valence-electron chi connectivity index (χ0n) is 13.9. The van der Waals surface area contributed by atoms with Gasteiger partial charge in [0.25, 0.3) is 0 Å². The number of rotatable bonds is 4. The molecular weight excluding hydrogens is 379 g/mol. The van der Waals surface area contributed by atoms with Crippen LogP contribution in [0.15, 0.2) is 48.5 Å². The number of hydrogen-bond acceptors (Lipinski definition) is 1. The summed E-state index contributed by atoms with van der Waals surface area (Å²) in [5.74, 6) is -0.817. The molecule has 2 aromatic rings. The Kier molecular flexibility index (Phi) is 5.53. The van der Waals surface area contributed by atoms with E-state index in [1.54, 1.807) is 0 Å². The van der Waals surface area contributed by atoms with Crippen LogP contribution in [0.25, 0.3) is 11.1 Å². The van der Waals surface area contributed by atoms with E-state index < -0.39 is 41.6 Å². The van der Waals surface area contributed by atoms with Crippen LogP contribution in [0.4, 0.5) is 30.7 Å². The summed E-state index contributed by atoms with van der Waals surface area (Å²) in [6.07, 6.45) is -9.78. The largest absolute Gasteiger partial charge is 0.428 e. The molecule has 0 heterocycles. The van der Waals surface area contributed by atoms with Crippen molar-refractivity contribution in [2.75, 3.05) is 6.54 Å². The predicted molar refractivity (Wildman–Crippen MR) is 84.4 cm³/mol. The standard InChI is InChI=1S/C18H14F7NO/c1-11(27)26-10-16(19,18(23,24)25)14-6-2-12(3-7-14)13-4-8-15(9-5-13)17(20,21)22/h2-9H,10H2,1H3,(H,26,27)/t16-/m1/s1. The van der Waals surface area contributed by atoms with Crippen molar-refractivity contribution in [1.29, 1.82) is 0 Å². The van der Waals surface area contributed by atoms with Gasteiger partial charge in [-0.05, 0) is 23.3 Å². The molecule has 0 radical (unpaired) electrons. The van der Waals surface area contributed by atoms with Crippen LogP contribution in [0.5, 0.6) is 0 Å². The summed E-state index contributed by atoms with van der Waals surface area (Å²) in [5.41, 5.74) is -4.74. The molecule has 0 aliphatic heterocycles. The molecule has 146 valence electrons. The average molecular weight is 393 g/mol. The molecule has 0 unspecified atom stereocenters. The fraction of sp³-hybridized carbons (Fsp3) is 0.278. The van der Waals surface area contributed by atoms with Crippen LogP contribution < -0.4 is 5.32 Å². The first-order valence-electron chi connectivity index (χ1n) is 7.63. The summed E-state index contributed by atoms with van der Waals surface area (Å²) in [7, 11) is 0. The van der Waals surface area contributed by atoms with E-state index in [9.17, 15) is 35.5 Å². The number of halogens is 7. The molecule has 0 aromatic heterocycles. The third kappa shape index (κ3) is 4.58. The molecule has 1 N–H and O–H groups in total. The average Bonchev–Trinajstić information content (AvgIpc) is 2.58. The number of alkyl halides is 7. The molecular formula is C18H14F7NO. The Bertz CT molecular complexity index is 794. The second-order valence-electron chi connectivity index (χ2n) is 5.86. The lowest BCUT2D eigenvalue weighted by Gasteiger charge is -2.28. The molecule has 2 nitrogen and oxygen atoms in total. The lowest BCUT2D eigenvalue weighted by Crippen LogP contribution is -2.47. The Morgan fingerprint density at radius 1 is 0.778 bits per heavy atom. The van der Waals surface area contributed by atoms with Gasteiger partial charge >= 0.3 is 12.4 Å². The smallest absolute Gasteiger partial charge is 0.352 e. The number of nitrogens with one attached hydrogen (secondary N) is 1. The third-order valence-electron chi connectivity index (χ3n) is 3.92. The maximum Gasteiger partial charge on any atom is 0.428 e. The van der Waals surface area contributed by atoms with Gasteiger partial charge in [-0.2, -0.15) is 26.3 Å². The zero-order valence-corrected chi connectivity index (χ0v) is 13.9. The molecule has 2 rings (SSSR count). The van der Waals surface area contributed by atoms with E-state index in [-0.39, 0.29) is 0 Å². The van der Waals surface area contributed by atoms with Crippen LogP contribution in [0.1, 0.15) is 18.1 Å². The van der Waals surface area contributed by atoms with Crippen molar-refractivity contribution in [3.8, 4) is 11.1 Å². The van der Waals surface area contributed by atoms with Crippen molar-refractivity contribution in [3.63, 3.8) is 0 Å². The minimum absolute atomic E-state index is 0.316. The number of benzene rings is 2. The lowest BCUT2D eigenvalue weighted by molar-refractivity contribution is -0.233. The van der Waals surface area contributed by atoms with E-state index in [0.717, 1.165) is 31.2 Å². The van der Waals surface area contributed by atoms with Gasteiger partial charge in [-0.3, -0.25) is 4.79 Å². The van der Waals surface area contributed by atoms with Crippen molar-refractivity contribution in [3.05, 3.63) is 59.7 Å². The normalized spacial score (nSPS) is 14.5. The molecule has 0 aliphatic carbocycles. The molecule has 1 amide bonds. The number of hydrogen-bond donors (Lipinski definition) is 1. The van der Waals surface area contributed by atoms with Gasteiger partial charge in [-0.15, -0.1) is 0 Å². The highest BCUT2D eigenvalue weighted by atomic mass is 19.4. The summed E-state index contributed by atoms with van der Waals surface area (Å²) in [5, 5.41) is 1.82. The second-order valence-corrected chi connectivity index (χ2v) is 5.86. The van der Waals surface area contributed by atoms with Gasteiger partial charge in [0.1, 0.15) is 0 Å². The molecule has 0 saturated heterocycles. The molecule has 1 atom stereocenters. The SMILES string of the molecule is CC(=O)NC[C@@](F)(c1ccc(-c2ccc(C(F)(F)F)cc2)cc1)C(F)(F)F. The second kappa shape index (κ2) is 7.21. The Balaban J connectivity index is 2.33. The van der Waals surface area contributed by atoms with E-state index >= 15 is 0 Å². The summed E-state index contributed by atoms with van der Waals surface area (Å²) in [6.45, 7) is -0.323. The minimum atomic E-state index is -5.27. The Labute approximate surface area is 150 Å². The van der Waals surface area contributed by atoms with Crippen molar-refractivity contribution in [1.82, 2.24) is 5.32 Å². The molecule has 0 fully saturated rings. The van der Waals surface area contributed by atoms with Gasteiger partial charge in [-0.1, -0.05) is 36.4 Å². The van der Waals surface area contributed by atoms with Crippen LogP contribution in [0.3, 0.4) is 0 Å². The van der Waals surface area contributed by atoms with Crippen LogP contribution in [-0.2, 0) is 16.6 Å². The van der Waals surface area contributed by atoms with Gasteiger partial charge in [0.2, 0.25) is 11.6 Å². The first kappa shape index (κ1) is 20.7. The monoisotopic (exact) mass is 393 g/mol. The van der Waals surface area contributed by atoms with E-state index in [4.69, 9.17) is 0 Å². The topological polar surface area (TPSA) is 29.1 Å². The van der Waals surface area contributed by atoms with E-state index in [2.05, 4.69) is 0 Å². The maximum absolute atomic E-state index is 14.6. The van der Waals surface area contributed by atoms with Crippen molar-refractivity contribution in [2.45, 2.75) is 24.9 Å². The third-order valence-corrected chi connectivity index (χ3v) is 3.92. The fourth-order valence-electron chi connectivity index (χ4n) is 2.39. The lowest BCUT2D eigenvalue weighted by atomic mass is 9.92. The Morgan fingerprint density at radius 2 is 1.19 bits per heavy atom. The van der Waals surface area contributed by atoms with Crippen molar-refractivity contribution in [2.24, 2.45) is 0 Å². The number of carbonyl (C=O) groups excluding carboxylic acids is 1. The number of carbonyl (C=O) groups is 1. The minimum Gasteiger partial charge on any atom is -0.352 e. The molecule has 0 saturated carbocycles. The Hall–Kier alpha value is -2.58. The van der Waals surface area contributed by atoms with Crippen LogP contribution in [0, 0.1) is 0 Å². The first-order chi connectivity index (χ1) is 12.3. The predicted octanol–water partition coefficient (Wildman–Crippen LogP) is 5.24. The summed E-state index contributed by atoms with van der Waals surface area (Å²) in [6, 6.07) is 8.15. The van der Waals surface area contributed by atoms with Gasteiger partial charge in [0.15, 0.2) is 0 Å². The molecule has 2 aromatic carbocycles. The van der Waals surface area contributed by atoms with Crippen molar-refractivity contribution >= 4 is 5.91 Å². The van der Waals surface area contributed by atoms with E-state index in [1.165, 1.54) is 24.3 Å². The molecule has 0 spiro atoms. The van der Waals surface area contributed by atoms with Crippen LogP contribution >= 0.6 is 0 Å². The van der Waals surface area contributed by atoms with Gasteiger partial charge in [0, 0.05) is 12.5 Å². The number of amides is 1. The van der Waals surface area contributed by atoms with E-state index in [0.29, 0.717) is 11.1 Å². The maximum atomic E-state index is 14.6. The van der Waals surface area contributed by atoms with Gasteiger partial charge in [0.05, 0.1) is 12.1 Å². The van der Waals surface area contributed by atoms with Gasteiger partial charge < -0.3 is 5.32 Å². The highest BCUT2D eigenvalue weighted by Gasteiger charge is 2.57. The van der Waals surface area contributed by atoms with Gasteiger partial charge in [-0.25, -0.2) is 4.39 Å². The summed E-state index contributed by atoms with van der Waals surface area (Å²) in [4.78, 5) is 10.9. The molecule has 27 heavy (non-hydrogen) atoms. The fourth-order valence-corrected chi connectivity index (χ4v) is 2.39. The quantitative estimate of drug-likeness (QED) is 0.708. The summed E-state index contributed by atoms with van der Waals surface area (Å²) >= 11 is 0. The molecule has 0 aliphatic rings. The Morgan fingerprint density at radius 3 is 1.52 bits per heavy atom. The summed E-state index contributed by atoms with van der Waals surface area (Å²) < 4.78 is 91.9. The van der Waals surface area contributed by atoms with Crippen LogP contribution in [0.2, 0.25) is 0 Å². The highest BCUT2D eigenvalue weighted by molar-refractivity contribution is 5.73. The highest BCUT2D eigenvalue weighted by Crippen LogP contribution is 2.42. The molecule has 9 heteroatoms. The zero-order chi connectivity index (χ0) is 20.5.